The number of para-hydroxylation sites is 1. The zero-order valence-corrected chi connectivity index (χ0v) is 12.7. The van der Waals surface area contributed by atoms with Crippen LogP contribution in [0.5, 0.6) is 5.75 Å². The van der Waals surface area contributed by atoms with E-state index >= 15 is 0 Å². The molecule has 0 aliphatic heterocycles. The fraction of sp³-hybridized carbons (Fsp3) is 0.118. The number of phenols is 1. The van der Waals surface area contributed by atoms with Crippen LogP contribution in [0.25, 0.3) is 22.0 Å². The van der Waals surface area contributed by atoms with Crippen LogP contribution in [0.4, 0.5) is 0 Å². The van der Waals surface area contributed by atoms with Crippen molar-refractivity contribution in [3.8, 4) is 16.9 Å². The Morgan fingerprint density at radius 3 is 2.82 bits per heavy atom. The third-order valence-corrected chi connectivity index (χ3v) is 4.09. The molecular weight excluding hydrogens is 300 g/mol. The molecule has 5 heteroatoms. The maximum absolute atomic E-state index is 11.2. The van der Waals surface area contributed by atoms with Crippen molar-refractivity contribution in [1.29, 1.82) is 0 Å². The third kappa shape index (κ3) is 2.31. The molecule has 112 valence electrons. The highest BCUT2D eigenvalue weighted by atomic mass is 35.5. The summed E-state index contributed by atoms with van der Waals surface area (Å²) in [5.41, 5.74) is 8.78. The summed E-state index contributed by atoms with van der Waals surface area (Å²) in [7, 11) is 0. The van der Waals surface area contributed by atoms with Crippen LogP contribution < -0.4 is 5.73 Å². The minimum absolute atomic E-state index is 0.00792. The number of rotatable bonds is 3. The molecule has 0 saturated carbocycles. The van der Waals surface area contributed by atoms with Gasteiger partial charge >= 0.3 is 0 Å². The number of primary amides is 1. The molecule has 2 aromatic carbocycles. The van der Waals surface area contributed by atoms with Crippen molar-refractivity contribution in [1.82, 2.24) is 4.98 Å². The van der Waals surface area contributed by atoms with Gasteiger partial charge in [-0.1, -0.05) is 29.8 Å². The molecule has 0 radical (unpaired) electrons. The maximum atomic E-state index is 11.2. The largest absolute Gasteiger partial charge is 0.507 e. The van der Waals surface area contributed by atoms with Crippen molar-refractivity contribution in [2.75, 3.05) is 0 Å². The van der Waals surface area contributed by atoms with E-state index in [1.54, 1.807) is 19.2 Å². The molecule has 0 fully saturated rings. The number of H-pyrrole nitrogens is 1. The number of aromatic nitrogens is 1. The Morgan fingerprint density at radius 2 is 2.09 bits per heavy atom. The number of aromatic amines is 1. The molecule has 0 atom stereocenters. The number of hydrogen-bond acceptors (Lipinski definition) is 2. The lowest BCUT2D eigenvalue weighted by molar-refractivity contribution is -0.117. The predicted molar refractivity (Wildman–Crippen MR) is 88.0 cm³/mol. The summed E-state index contributed by atoms with van der Waals surface area (Å²) in [6.45, 7) is 1.79. The van der Waals surface area contributed by atoms with Crippen LogP contribution in [0.2, 0.25) is 5.02 Å². The third-order valence-electron chi connectivity index (χ3n) is 3.79. The number of hydrogen-bond donors (Lipinski definition) is 3. The summed E-state index contributed by atoms with van der Waals surface area (Å²) in [6.07, 6.45) is 1.78. The highest BCUT2D eigenvalue weighted by Crippen LogP contribution is 2.42. The number of aryl methyl sites for hydroxylation is 1. The van der Waals surface area contributed by atoms with Crippen LogP contribution in [0, 0.1) is 6.92 Å². The van der Waals surface area contributed by atoms with Gasteiger partial charge in [0.05, 0.1) is 11.4 Å². The standard InChI is InChI=1S/C17H15ClN2O2/c1-9-6-13(18)16(17(22)11(9)7-15(19)21)12-8-20-14-5-3-2-4-10(12)14/h2-6,8,20,22H,7H2,1H3,(H2,19,21). The minimum atomic E-state index is -0.495. The van der Waals surface area contributed by atoms with E-state index in [2.05, 4.69) is 4.98 Å². The van der Waals surface area contributed by atoms with E-state index in [4.69, 9.17) is 17.3 Å². The van der Waals surface area contributed by atoms with Gasteiger partial charge in [0.25, 0.3) is 0 Å². The lowest BCUT2D eigenvalue weighted by Gasteiger charge is -2.13. The molecule has 1 heterocycles. The lowest BCUT2D eigenvalue weighted by Crippen LogP contribution is -2.14. The van der Waals surface area contributed by atoms with E-state index in [0.29, 0.717) is 16.1 Å². The predicted octanol–water partition coefficient (Wildman–Crippen LogP) is 3.53. The van der Waals surface area contributed by atoms with Gasteiger partial charge in [-0.15, -0.1) is 0 Å². The molecule has 22 heavy (non-hydrogen) atoms. The highest BCUT2D eigenvalue weighted by Gasteiger charge is 2.19. The molecule has 0 spiro atoms. The van der Waals surface area contributed by atoms with Crippen molar-refractivity contribution in [3.05, 3.63) is 52.7 Å². The Labute approximate surface area is 132 Å². The molecule has 0 bridgehead atoms. The summed E-state index contributed by atoms with van der Waals surface area (Å²) in [4.78, 5) is 14.4. The number of carbonyl (C=O) groups excluding carboxylic acids is 1. The number of nitrogens with one attached hydrogen (secondary N) is 1. The van der Waals surface area contributed by atoms with Crippen LogP contribution >= 0.6 is 11.6 Å². The van der Waals surface area contributed by atoms with Crippen molar-refractivity contribution in [2.45, 2.75) is 13.3 Å². The second-order valence-corrected chi connectivity index (χ2v) is 5.68. The van der Waals surface area contributed by atoms with Crippen molar-refractivity contribution >= 4 is 28.4 Å². The lowest BCUT2D eigenvalue weighted by atomic mass is 9.95. The number of phenolic OH excluding ortho intramolecular Hbond substituents is 1. The molecule has 3 aromatic rings. The Kier molecular flexibility index (Phi) is 3.54. The van der Waals surface area contributed by atoms with Gasteiger partial charge in [0.15, 0.2) is 0 Å². The molecule has 0 aliphatic rings. The highest BCUT2D eigenvalue weighted by molar-refractivity contribution is 6.34. The van der Waals surface area contributed by atoms with E-state index in [0.717, 1.165) is 22.0 Å². The van der Waals surface area contributed by atoms with Crippen LogP contribution in [0.1, 0.15) is 11.1 Å². The van der Waals surface area contributed by atoms with Gasteiger partial charge in [-0.25, -0.2) is 0 Å². The first-order valence-electron chi connectivity index (χ1n) is 6.84. The number of halogens is 1. The van der Waals surface area contributed by atoms with Gasteiger partial charge in [-0.05, 0) is 24.6 Å². The Hall–Kier alpha value is -2.46. The maximum Gasteiger partial charge on any atom is 0.221 e. The second-order valence-electron chi connectivity index (χ2n) is 5.27. The van der Waals surface area contributed by atoms with Crippen molar-refractivity contribution < 1.29 is 9.90 Å². The normalized spacial score (nSPS) is 11.0. The van der Waals surface area contributed by atoms with E-state index in [1.165, 1.54) is 0 Å². The van der Waals surface area contributed by atoms with Crippen LogP contribution in [0.3, 0.4) is 0 Å². The van der Waals surface area contributed by atoms with E-state index in [-0.39, 0.29) is 12.2 Å². The molecule has 4 N–H and O–H groups in total. The molecule has 0 unspecified atom stereocenters. The number of aromatic hydroxyl groups is 1. The van der Waals surface area contributed by atoms with E-state index < -0.39 is 5.91 Å². The average molecular weight is 315 g/mol. The Bertz CT molecular complexity index is 884. The van der Waals surface area contributed by atoms with Gasteiger partial charge in [0.2, 0.25) is 5.91 Å². The van der Waals surface area contributed by atoms with Gasteiger partial charge in [-0.2, -0.15) is 0 Å². The molecule has 4 nitrogen and oxygen atoms in total. The zero-order chi connectivity index (χ0) is 15.9. The van der Waals surface area contributed by atoms with Crippen LogP contribution in [-0.2, 0) is 11.2 Å². The van der Waals surface area contributed by atoms with Gasteiger partial charge in [0, 0.05) is 33.8 Å². The van der Waals surface area contributed by atoms with Crippen LogP contribution in [-0.4, -0.2) is 16.0 Å². The molecule has 1 aromatic heterocycles. The number of amides is 1. The van der Waals surface area contributed by atoms with E-state index in [9.17, 15) is 9.90 Å². The number of nitrogens with two attached hydrogens (primary N) is 1. The van der Waals surface area contributed by atoms with Crippen molar-refractivity contribution in [2.24, 2.45) is 5.73 Å². The van der Waals surface area contributed by atoms with Crippen LogP contribution in [0.15, 0.2) is 36.5 Å². The zero-order valence-electron chi connectivity index (χ0n) is 12.0. The fourth-order valence-corrected chi connectivity index (χ4v) is 3.09. The molecule has 1 amide bonds. The minimum Gasteiger partial charge on any atom is -0.507 e. The first-order chi connectivity index (χ1) is 10.5. The number of carbonyl (C=O) groups is 1. The summed E-state index contributed by atoms with van der Waals surface area (Å²) in [5, 5.41) is 12.0. The quantitative estimate of drug-likeness (QED) is 0.691. The molecular formula is C17H15ClN2O2. The van der Waals surface area contributed by atoms with Gasteiger partial charge < -0.3 is 15.8 Å². The van der Waals surface area contributed by atoms with Crippen molar-refractivity contribution in [3.63, 3.8) is 0 Å². The smallest absolute Gasteiger partial charge is 0.221 e. The molecule has 0 saturated heterocycles. The first-order valence-corrected chi connectivity index (χ1v) is 7.22. The van der Waals surface area contributed by atoms with Gasteiger partial charge in [0.1, 0.15) is 5.75 Å². The topological polar surface area (TPSA) is 79.1 Å². The van der Waals surface area contributed by atoms with Gasteiger partial charge in [-0.3, -0.25) is 4.79 Å². The fourth-order valence-electron chi connectivity index (χ4n) is 2.73. The summed E-state index contributed by atoms with van der Waals surface area (Å²) >= 11 is 6.35. The first kappa shape index (κ1) is 14.5. The Balaban J connectivity index is 2.28. The summed E-state index contributed by atoms with van der Waals surface area (Å²) in [5.74, 6) is -0.487. The average Bonchev–Trinajstić information content (AvgIpc) is 2.87. The summed E-state index contributed by atoms with van der Waals surface area (Å²) < 4.78 is 0. The van der Waals surface area contributed by atoms with E-state index in [1.807, 2.05) is 24.3 Å². The molecule has 3 rings (SSSR count). The SMILES string of the molecule is Cc1cc(Cl)c(-c2c[nH]c3ccccc23)c(O)c1CC(N)=O. The Morgan fingerprint density at radius 1 is 1.36 bits per heavy atom. The number of benzene rings is 2. The monoisotopic (exact) mass is 314 g/mol. The second kappa shape index (κ2) is 5.39. The summed E-state index contributed by atoms with van der Waals surface area (Å²) in [6, 6.07) is 9.49. The number of fused-ring (bicyclic) bond motifs is 1. The molecule has 0 aliphatic carbocycles.